The minimum atomic E-state index is -0.740. The van der Waals surface area contributed by atoms with E-state index in [1.807, 2.05) is 10.1 Å². The summed E-state index contributed by atoms with van der Waals surface area (Å²) in [7, 11) is 0. The van der Waals surface area contributed by atoms with Crippen molar-refractivity contribution in [1.82, 2.24) is 10.1 Å². The highest BCUT2D eigenvalue weighted by Gasteiger charge is 2.45. The number of rotatable bonds is 23. The smallest absolute Gasteiger partial charge is 0.325 e. The maximum absolute atomic E-state index is 12.1. The van der Waals surface area contributed by atoms with Crippen LogP contribution in [0.5, 0.6) is 0 Å². The van der Waals surface area contributed by atoms with Crippen molar-refractivity contribution < 1.29 is 39.1 Å². The zero-order chi connectivity index (χ0) is 41.3. The van der Waals surface area contributed by atoms with E-state index in [1.54, 1.807) is 0 Å². The van der Waals surface area contributed by atoms with E-state index in [1.165, 1.54) is 51.4 Å². The quantitative estimate of drug-likeness (QED) is 0.0967. The largest absolute Gasteiger partial charge is 0.481 e. The molecule has 2 fully saturated rings. The van der Waals surface area contributed by atoms with Crippen molar-refractivity contribution in [3.8, 4) is 0 Å². The molecule has 0 unspecified atom stereocenters. The van der Waals surface area contributed by atoms with E-state index in [9.17, 15) is 19.2 Å². The fraction of sp³-hybridized carbons (Fsp3) is 0.909. The number of piperidine rings is 2. The van der Waals surface area contributed by atoms with Gasteiger partial charge in [-0.3, -0.25) is 19.2 Å². The lowest BCUT2D eigenvalue weighted by atomic mass is 9.82. The molecule has 0 aliphatic carbocycles. The molecule has 2 N–H and O–H groups in total. The Morgan fingerprint density at radius 3 is 0.926 bits per heavy atom. The Morgan fingerprint density at radius 1 is 0.426 bits per heavy atom. The van der Waals surface area contributed by atoms with Crippen LogP contribution in [0.4, 0.5) is 0 Å². The molecule has 0 atom stereocenters. The Morgan fingerprint density at radius 2 is 0.667 bits per heavy atom. The zero-order valence-corrected chi connectivity index (χ0v) is 36.6. The molecule has 10 heteroatoms. The van der Waals surface area contributed by atoms with Gasteiger partial charge in [0.1, 0.15) is 0 Å². The van der Waals surface area contributed by atoms with Gasteiger partial charge in [0.15, 0.2) is 0 Å². The van der Waals surface area contributed by atoms with E-state index < -0.39 is 11.9 Å². The molecule has 2 heterocycles. The van der Waals surface area contributed by atoms with E-state index in [0.717, 1.165) is 89.9 Å². The standard InChI is InChI=1S/2C17H33NO2.C10H18O4/c2*1-6-7-8-9-10-12-15(19)20-18-16(2,3)13-11-14-17(18,4)5;11-9(12)7-5-3-1-2-4-6-8-10(13)14/h2*6-14H2,1-5H3;1-8H2,(H,11,12)(H,13,14). The summed E-state index contributed by atoms with van der Waals surface area (Å²) in [6.07, 6.45) is 25.3. The van der Waals surface area contributed by atoms with Crippen LogP contribution in [-0.2, 0) is 28.9 Å². The average Bonchev–Trinajstić information content (AvgIpc) is 3.05. The number of nitrogens with zero attached hydrogens (tertiary/aromatic N) is 2. The Hall–Kier alpha value is -2.20. The van der Waals surface area contributed by atoms with Gasteiger partial charge in [0.05, 0.1) is 22.2 Å². The predicted octanol–water partition coefficient (Wildman–Crippen LogP) is 12.0. The molecule has 10 nitrogen and oxygen atoms in total. The number of hydroxylamine groups is 4. The molecule has 0 spiro atoms. The number of unbranched alkanes of at least 4 members (excludes halogenated alkanes) is 13. The number of hydrogen-bond acceptors (Lipinski definition) is 8. The topological polar surface area (TPSA) is 134 Å². The van der Waals surface area contributed by atoms with Crippen molar-refractivity contribution in [2.24, 2.45) is 0 Å². The lowest BCUT2D eigenvalue weighted by Crippen LogP contribution is -2.58. The van der Waals surface area contributed by atoms with Gasteiger partial charge in [0, 0.05) is 25.7 Å². The third-order valence-electron chi connectivity index (χ3n) is 10.7. The van der Waals surface area contributed by atoms with Crippen LogP contribution in [0.15, 0.2) is 0 Å². The van der Waals surface area contributed by atoms with Gasteiger partial charge in [0.25, 0.3) is 0 Å². The molecule has 2 rings (SSSR count). The van der Waals surface area contributed by atoms with Gasteiger partial charge in [-0.05, 0) is 120 Å². The molecule has 0 amide bonds. The molecule has 0 bridgehead atoms. The third kappa shape index (κ3) is 23.7. The summed E-state index contributed by atoms with van der Waals surface area (Å²) in [6, 6.07) is 0. The monoisotopic (exact) mass is 769 g/mol. The van der Waals surface area contributed by atoms with Crippen LogP contribution in [0.3, 0.4) is 0 Å². The second-order valence-corrected chi connectivity index (χ2v) is 18.2. The molecular formula is C44H84N2O8. The Kier molecular flexibility index (Phi) is 26.3. The van der Waals surface area contributed by atoms with Crippen molar-refractivity contribution in [2.75, 3.05) is 0 Å². The molecule has 2 saturated heterocycles. The highest BCUT2D eigenvalue weighted by atomic mass is 16.7. The van der Waals surface area contributed by atoms with Crippen LogP contribution < -0.4 is 0 Å². The molecule has 2 aliphatic rings. The first-order valence-electron chi connectivity index (χ1n) is 21.7. The van der Waals surface area contributed by atoms with Crippen LogP contribution in [0.1, 0.15) is 236 Å². The fourth-order valence-electron chi connectivity index (χ4n) is 7.75. The normalized spacial score (nSPS) is 18.6. The van der Waals surface area contributed by atoms with Gasteiger partial charge < -0.3 is 19.9 Å². The number of carbonyl (C=O) groups is 4. The summed E-state index contributed by atoms with van der Waals surface area (Å²) in [6.45, 7) is 21.8. The first kappa shape index (κ1) is 51.8. The first-order valence-corrected chi connectivity index (χ1v) is 21.7. The fourth-order valence-corrected chi connectivity index (χ4v) is 7.75. The number of carboxylic acids is 2. The highest BCUT2D eigenvalue weighted by molar-refractivity contribution is 5.69. The van der Waals surface area contributed by atoms with Crippen molar-refractivity contribution in [2.45, 2.75) is 258 Å². The first-order chi connectivity index (χ1) is 25.2. The van der Waals surface area contributed by atoms with Gasteiger partial charge in [-0.25, -0.2) is 0 Å². The van der Waals surface area contributed by atoms with Crippen molar-refractivity contribution in [3.05, 3.63) is 0 Å². The zero-order valence-electron chi connectivity index (χ0n) is 36.6. The number of aliphatic carboxylic acids is 2. The summed E-state index contributed by atoms with van der Waals surface area (Å²) in [5.41, 5.74) is -0.224. The Labute approximate surface area is 330 Å². The predicted molar refractivity (Wildman–Crippen MR) is 219 cm³/mol. The Balaban J connectivity index is 0.000000796. The molecule has 0 saturated carbocycles. The van der Waals surface area contributed by atoms with Gasteiger partial charge in [-0.15, -0.1) is 10.1 Å². The summed E-state index contributed by atoms with van der Waals surface area (Å²) < 4.78 is 0. The molecular weight excluding hydrogens is 684 g/mol. The summed E-state index contributed by atoms with van der Waals surface area (Å²) >= 11 is 0. The van der Waals surface area contributed by atoms with E-state index in [2.05, 4.69) is 69.2 Å². The van der Waals surface area contributed by atoms with E-state index in [-0.39, 0.29) is 46.9 Å². The second-order valence-electron chi connectivity index (χ2n) is 18.2. The van der Waals surface area contributed by atoms with Gasteiger partial charge >= 0.3 is 23.9 Å². The third-order valence-corrected chi connectivity index (χ3v) is 10.7. The van der Waals surface area contributed by atoms with Crippen molar-refractivity contribution in [3.63, 3.8) is 0 Å². The van der Waals surface area contributed by atoms with Gasteiger partial charge in [-0.2, -0.15) is 0 Å². The summed E-state index contributed by atoms with van der Waals surface area (Å²) in [4.78, 5) is 55.8. The minimum absolute atomic E-state index is 0.0559. The number of hydrogen-bond donors (Lipinski definition) is 2. The molecule has 0 aromatic rings. The van der Waals surface area contributed by atoms with E-state index in [4.69, 9.17) is 19.9 Å². The lowest BCUT2D eigenvalue weighted by Gasteiger charge is -2.50. The molecule has 0 aromatic heterocycles. The SMILES string of the molecule is CCCCCCCC(=O)ON1C(C)(C)CCCC1(C)C.CCCCCCCC(=O)ON1C(C)(C)CCCC1(C)C.O=C(O)CCCCCCCCC(=O)O. The molecule has 54 heavy (non-hydrogen) atoms. The average molecular weight is 769 g/mol. The lowest BCUT2D eigenvalue weighted by molar-refractivity contribution is -0.265. The van der Waals surface area contributed by atoms with E-state index in [0.29, 0.717) is 12.8 Å². The molecule has 0 radical (unpaired) electrons. The number of carboxylic acid groups (broad SMARTS) is 2. The van der Waals surface area contributed by atoms with Gasteiger partial charge in [-0.1, -0.05) is 90.9 Å². The maximum Gasteiger partial charge on any atom is 0.325 e. The van der Waals surface area contributed by atoms with Crippen LogP contribution in [0.25, 0.3) is 0 Å². The highest BCUT2D eigenvalue weighted by Crippen LogP contribution is 2.39. The van der Waals surface area contributed by atoms with Crippen molar-refractivity contribution in [1.29, 1.82) is 0 Å². The minimum Gasteiger partial charge on any atom is -0.481 e. The van der Waals surface area contributed by atoms with Gasteiger partial charge in [0.2, 0.25) is 0 Å². The Bertz CT molecular complexity index is 941. The van der Waals surface area contributed by atoms with Crippen molar-refractivity contribution >= 4 is 23.9 Å². The van der Waals surface area contributed by atoms with Crippen LogP contribution >= 0.6 is 0 Å². The van der Waals surface area contributed by atoms with E-state index >= 15 is 0 Å². The number of carbonyl (C=O) groups excluding carboxylic acids is 2. The maximum atomic E-state index is 12.1. The van der Waals surface area contributed by atoms with Crippen LogP contribution in [-0.4, -0.2) is 66.4 Å². The second kappa shape index (κ2) is 27.4. The molecule has 2 aliphatic heterocycles. The summed E-state index contributed by atoms with van der Waals surface area (Å²) in [5, 5.41) is 20.6. The van der Waals surface area contributed by atoms with Crippen LogP contribution in [0, 0.1) is 0 Å². The molecule has 318 valence electrons. The van der Waals surface area contributed by atoms with Crippen LogP contribution in [0.2, 0.25) is 0 Å². The summed E-state index contributed by atoms with van der Waals surface area (Å²) in [5.74, 6) is -1.61. The molecule has 0 aromatic carbocycles.